The van der Waals surface area contributed by atoms with Crippen LogP contribution >= 0.6 is 0 Å². The van der Waals surface area contributed by atoms with Crippen molar-refractivity contribution in [2.45, 2.75) is 98.1 Å². The Labute approximate surface area is 220 Å². The maximum absolute atomic E-state index is 14.2. The molecule has 0 bridgehead atoms. The van der Waals surface area contributed by atoms with Crippen molar-refractivity contribution < 1.29 is 35.1 Å². The lowest BCUT2D eigenvalue weighted by Gasteiger charge is -2.63. The summed E-state index contributed by atoms with van der Waals surface area (Å²) < 4.78 is 0. The molecule has 2 saturated carbocycles. The van der Waals surface area contributed by atoms with Gasteiger partial charge in [0.1, 0.15) is 11.9 Å². The first-order chi connectivity index (χ1) is 16.7. The van der Waals surface area contributed by atoms with Crippen LogP contribution in [0.1, 0.15) is 74.7 Å². The van der Waals surface area contributed by atoms with Gasteiger partial charge >= 0.3 is 0 Å². The van der Waals surface area contributed by atoms with Gasteiger partial charge in [-0.05, 0) is 70.3 Å². The number of hydrogen-bond donors (Lipinski definition) is 5. The second kappa shape index (κ2) is 8.10. The summed E-state index contributed by atoms with van der Waals surface area (Å²) in [6.07, 6.45) is 4.97. The maximum atomic E-state index is 14.2. The van der Waals surface area contributed by atoms with Gasteiger partial charge in [0.15, 0.2) is 5.76 Å². The van der Waals surface area contributed by atoms with Crippen LogP contribution in [0.2, 0.25) is 0 Å². The van der Waals surface area contributed by atoms with Crippen molar-refractivity contribution in [2.75, 3.05) is 0 Å². The number of allylic oxidation sites excluding steroid dienone is 4. The van der Waals surface area contributed by atoms with E-state index < -0.39 is 56.9 Å². The van der Waals surface area contributed by atoms with Gasteiger partial charge in [0.25, 0.3) is 0 Å². The number of fused-ring (bicyclic) bond motifs is 5. The number of carbonyl (C=O) groups excluding carboxylic acids is 2. The first kappa shape index (κ1) is 28.2. The van der Waals surface area contributed by atoms with Crippen LogP contribution in [0.3, 0.4) is 0 Å². The van der Waals surface area contributed by atoms with Gasteiger partial charge in [0.2, 0.25) is 5.78 Å². The minimum atomic E-state index is -1.77. The maximum Gasteiger partial charge on any atom is 0.206 e. The summed E-state index contributed by atoms with van der Waals surface area (Å²) in [5.41, 5.74) is -5.34. The van der Waals surface area contributed by atoms with Gasteiger partial charge in [0, 0.05) is 23.7 Å². The molecule has 0 spiro atoms. The van der Waals surface area contributed by atoms with Crippen LogP contribution < -0.4 is 0 Å². The normalized spacial score (nSPS) is 43.9. The smallest absolute Gasteiger partial charge is 0.206 e. The molecule has 7 nitrogen and oxygen atoms in total. The molecule has 0 heterocycles. The summed E-state index contributed by atoms with van der Waals surface area (Å²) in [5, 5.41) is 54.8. The summed E-state index contributed by atoms with van der Waals surface area (Å²) in [5.74, 6) is -2.15. The molecule has 2 fully saturated rings. The molecule has 0 aliphatic heterocycles. The summed E-state index contributed by atoms with van der Waals surface area (Å²) in [4.78, 5) is 27.0. The van der Waals surface area contributed by atoms with Gasteiger partial charge in [-0.1, -0.05) is 44.6 Å². The van der Waals surface area contributed by atoms with Gasteiger partial charge in [-0.3, -0.25) is 9.59 Å². The lowest BCUT2D eigenvalue weighted by atomic mass is 9.39. The van der Waals surface area contributed by atoms with Crippen LogP contribution in [0.4, 0.5) is 0 Å². The van der Waals surface area contributed by atoms with Crippen molar-refractivity contribution >= 4 is 11.6 Å². The van der Waals surface area contributed by atoms with Crippen LogP contribution in [-0.2, 0) is 9.59 Å². The SMILES string of the molecule is CC(C)(O)/C=C/[C@@H](O)[C@](C)(O)[C@H]1[C@H](O)C[C@@]2(C)[C@@H]3CC=C4[C@@H](C=C(O)C(=O)C4(C)C)[C@]3(C)C(=O)C[C@]12C. The molecule has 4 aliphatic carbocycles. The molecular formula is C30H44O7. The second-order valence-electron chi connectivity index (χ2n) is 14.1. The fraction of sp³-hybridized carbons (Fsp3) is 0.733. The number of aliphatic hydroxyl groups excluding tert-OH is 3. The van der Waals surface area contributed by atoms with E-state index in [0.717, 1.165) is 5.57 Å². The van der Waals surface area contributed by atoms with E-state index in [1.165, 1.54) is 19.1 Å². The molecule has 206 valence electrons. The standard InChI is InChI=1S/C30H44O7/c1-25(2,36)12-11-21(33)30(8,37)23-19(32)14-27(5)20-10-9-16-17(13-18(31)24(35)26(16,3)4)29(20,7)22(34)15-28(23,27)6/h9,11-13,17,19-21,23,31-33,36-37H,10,14-15H2,1-8H3/b12-11+/t17-,19-,20+,21-,23+,27+,28-,29+,30+/m1/s1. The lowest BCUT2D eigenvalue weighted by molar-refractivity contribution is -0.186. The third-order valence-electron chi connectivity index (χ3n) is 10.9. The van der Waals surface area contributed by atoms with Crippen molar-refractivity contribution in [1.29, 1.82) is 0 Å². The molecule has 7 heteroatoms. The largest absolute Gasteiger partial charge is 0.505 e. The molecule has 0 aromatic rings. The number of carbonyl (C=O) groups is 2. The predicted octanol–water partition coefficient (Wildman–Crippen LogP) is 3.41. The second-order valence-corrected chi connectivity index (χ2v) is 14.1. The zero-order valence-electron chi connectivity index (χ0n) is 23.4. The number of ketones is 2. The fourth-order valence-corrected chi connectivity index (χ4v) is 8.72. The number of aliphatic hydroxyl groups is 5. The molecule has 0 amide bonds. The van der Waals surface area contributed by atoms with Crippen LogP contribution in [0.15, 0.2) is 35.6 Å². The van der Waals surface area contributed by atoms with Gasteiger partial charge in [-0.25, -0.2) is 0 Å². The fourth-order valence-electron chi connectivity index (χ4n) is 8.72. The number of hydrogen-bond acceptors (Lipinski definition) is 7. The minimum absolute atomic E-state index is 0.0290. The Balaban J connectivity index is 1.81. The van der Waals surface area contributed by atoms with Crippen molar-refractivity contribution in [1.82, 2.24) is 0 Å². The molecule has 4 rings (SSSR count). The topological polar surface area (TPSA) is 135 Å². The highest BCUT2D eigenvalue weighted by atomic mass is 16.3. The van der Waals surface area contributed by atoms with Crippen LogP contribution in [0.25, 0.3) is 0 Å². The third kappa shape index (κ3) is 3.68. The highest BCUT2D eigenvalue weighted by molar-refractivity contribution is 6.02. The van der Waals surface area contributed by atoms with Crippen LogP contribution in [-0.4, -0.2) is 60.5 Å². The zero-order chi connectivity index (χ0) is 28.1. The third-order valence-corrected chi connectivity index (χ3v) is 10.9. The van der Waals surface area contributed by atoms with E-state index in [1.807, 2.05) is 19.9 Å². The average Bonchev–Trinajstić information content (AvgIpc) is 2.96. The lowest BCUT2D eigenvalue weighted by Crippen LogP contribution is -2.64. The molecule has 9 atom stereocenters. The summed E-state index contributed by atoms with van der Waals surface area (Å²) in [7, 11) is 0. The minimum Gasteiger partial charge on any atom is -0.505 e. The van der Waals surface area contributed by atoms with Crippen LogP contribution in [0, 0.1) is 39.4 Å². The molecule has 0 unspecified atom stereocenters. The zero-order valence-corrected chi connectivity index (χ0v) is 23.4. The van der Waals surface area contributed by atoms with E-state index >= 15 is 0 Å². The van der Waals surface area contributed by atoms with Crippen LogP contribution in [0.5, 0.6) is 0 Å². The first-order valence-corrected chi connectivity index (χ1v) is 13.4. The van der Waals surface area contributed by atoms with E-state index in [0.29, 0.717) is 12.8 Å². The molecule has 0 radical (unpaired) electrons. The van der Waals surface area contributed by atoms with E-state index in [1.54, 1.807) is 33.8 Å². The monoisotopic (exact) mass is 516 g/mol. The predicted molar refractivity (Wildman–Crippen MR) is 139 cm³/mol. The number of Topliss-reactive ketones (excluding diaryl/α,β-unsaturated/α-hetero) is 2. The summed E-state index contributed by atoms with van der Waals surface area (Å²) >= 11 is 0. The Hall–Kier alpha value is -1.80. The van der Waals surface area contributed by atoms with E-state index in [2.05, 4.69) is 6.92 Å². The first-order valence-electron chi connectivity index (χ1n) is 13.4. The van der Waals surface area contributed by atoms with Crippen molar-refractivity contribution in [3.63, 3.8) is 0 Å². The molecule has 0 aromatic carbocycles. The van der Waals surface area contributed by atoms with Gasteiger partial charge in [-0.2, -0.15) is 0 Å². The van der Waals surface area contributed by atoms with Crippen molar-refractivity contribution in [2.24, 2.45) is 39.4 Å². The van der Waals surface area contributed by atoms with Crippen molar-refractivity contribution in [3.8, 4) is 0 Å². The average molecular weight is 517 g/mol. The summed E-state index contributed by atoms with van der Waals surface area (Å²) in [6, 6.07) is 0. The molecule has 0 aromatic heterocycles. The molecule has 5 N–H and O–H groups in total. The molecular weight excluding hydrogens is 472 g/mol. The Kier molecular flexibility index (Phi) is 6.18. The number of rotatable bonds is 4. The Morgan fingerprint density at radius 1 is 1.05 bits per heavy atom. The summed E-state index contributed by atoms with van der Waals surface area (Å²) in [6.45, 7) is 14.1. The highest BCUT2D eigenvalue weighted by Crippen LogP contribution is 2.73. The van der Waals surface area contributed by atoms with Gasteiger partial charge < -0.3 is 25.5 Å². The molecule has 37 heavy (non-hydrogen) atoms. The van der Waals surface area contributed by atoms with Gasteiger partial charge in [-0.15, -0.1) is 0 Å². The molecule has 0 saturated heterocycles. The van der Waals surface area contributed by atoms with E-state index in [4.69, 9.17) is 0 Å². The molecule has 4 aliphatic rings. The van der Waals surface area contributed by atoms with E-state index in [9.17, 15) is 35.1 Å². The van der Waals surface area contributed by atoms with E-state index in [-0.39, 0.29) is 29.7 Å². The van der Waals surface area contributed by atoms with Gasteiger partial charge in [0.05, 0.1) is 22.7 Å². The Morgan fingerprint density at radius 2 is 1.65 bits per heavy atom. The highest BCUT2D eigenvalue weighted by Gasteiger charge is 2.74. The Bertz CT molecular complexity index is 1110. The van der Waals surface area contributed by atoms with Crippen molar-refractivity contribution in [3.05, 3.63) is 35.6 Å². The quantitative estimate of drug-likeness (QED) is 0.361. The Morgan fingerprint density at radius 3 is 2.22 bits per heavy atom.